The standard InChI is InChI=1S/C14H29N3.HI/c1-12(16-14(15-2)17(3)4)10-11-13-8-6-5-7-9-13;/h12-13H,5-11H2,1-4H3,(H,15,16);1H. The van der Waals surface area contributed by atoms with Crippen molar-refractivity contribution in [2.24, 2.45) is 10.9 Å². The van der Waals surface area contributed by atoms with E-state index in [-0.39, 0.29) is 24.0 Å². The van der Waals surface area contributed by atoms with Crippen LogP contribution in [0.15, 0.2) is 4.99 Å². The number of halogens is 1. The smallest absolute Gasteiger partial charge is 0.193 e. The van der Waals surface area contributed by atoms with Crippen molar-refractivity contribution in [2.45, 2.75) is 57.9 Å². The Hall–Kier alpha value is 0. The zero-order valence-electron chi connectivity index (χ0n) is 12.4. The van der Waals surface area contributed by atoms with Crippen LogP contribution in [0.1, 0.15) is 51.9 Å². The minimum absolute atomic E-state index is 0. The van der Waals surface area contributed by atoms with Crippen molar-refractivity contribution in [1.29, 1.82) is 0 Å². The molecular weight excluding hydrogens is 337 g/mol. The maximum absolute atomic E-state index is 4.25. The summed E-state index contributed by atoms with van der Waals surface area (Å²) in [5, 5.41) is 3.48. The Bertz CT molecular complexity index is 235. The molecule has 1 rings (SSSR count). The molecule has 0 aromatic heterocycles. The van der Waals surface area contributed by atoms with Gasteiger partial charge in [-0.15, -0.1) is 24.0 Å². The van der Waals surface area contributed by atoms with Crippen molar-refractivity contribution < 1.29 is 0 Å². The summed E-state index contributed by atoms with van der Waals surface area (Å²) in [5.41, 5.74) is 0. The van der Waals surface area contributed by atoms with Crippen molar-refractivity contribution in [3.63, 3.8) is 0 Å². The average Bonchev–Trinajstić information content (AvgIpc) is 2.34. The quantitative estimate of drug-likeness (QED) is 0.468. The normalized spacial score (nSPS) is 19.0. The number of rotatable bonds is 4. The van der Waals surface area contributed by atoms with E-state index in [4.69, 9.17) is 0 Å². The summed E-state index contributed by atoms with van der Waals surface area (Å²) in [6.07, 6.45) is 9.90. The number of guanidine groups is 1. The van der Waals surface area contributed by atoms with Gasteiger partial charge in [-0.05, 0) is 25.7 Å². The Morgan fingerprint density at radius 1 is 1.28 bits per heavy atom. The summed E-state index contributed by atoms with van der Waals surface area (Å²) in [7, 11) is 5.91. The number of hydrogen-bond acceptors (Lipinski definition) is 1. The molecular formula is C14H30IN3. The van der Waals surface area contributed by atoms with E-state index in [1.165, 1.54) is 44.9 Å². The lowest BCUT2D eigenvalue weighted by Crippen LogP contribution is -2.41. The van der Waals surface area contributed by atoms with E-state index in [2.05, 4.69) is 17.2 Å². The first-order chi connectivity index (χ1) is 8.13. The topological polar surface area (TPSA) is 27.6 Å². The highest BCUT2D eigenvalue weighted by Crippen LogP contribution is 2.27. The van der Waals surface area contributed by atoms with Gasteiger partial charge in [-0.3, -0.25) is 4.99 Å². The van der Waals surface area contributed by atoms with Gasteiger partial charge in [0.15, 0.2) is 5.96 Å². The molecule has 108 valence electrons. The van der Waals surface area contributed by atoms with E-state index in [1.807, 2.05) is 26.0 Å². The molecule has 18 heavy (non-hydrogen) atoms. The van der Waals surface area contributed by atoms with Crippen LogP contribution in [-0.2, 0) is 0 Å². The van der Waals surface area contributed by atoms with Crippen LogP contribution in [-0.4, -0.2) is 38.0 Å². The molecule has 4 heteroatoms. The summed E-state index contributed by atoms with van der Waals surface area (Å²) < 4.78 is 0. The van der Waals surface area contributed by atoms with E-state index in [0.717, 1.165) is 11.9 Å². The van der Waals surface area contributed by atoms with Crippen LogP contribution in [0.5, 0.6) is 0 Å². The zero-order valence-corrected chi connectivity index (χ0v) is 14.7. The van der Waals surface area contributed by atoms with Crippen LogP contribution in [0.2, 0.25) is 0 Å². The SMILES string of the molecule is CN=C(NC(C)CCC1CCCCC1)N(C)C.I. The minimum atomic E-state index is 0. The second-order valence-electron chi connectivity index (χ2n) is 5.57. The van der Waals surface area contributed by atoms with Crippen LogP contribution in [0.25, 0.3) is 0 Å². The maximum Gasteiger partial charge on any atom is 0.193 e. The molecule has 1 aliphatic carbocycles. The molecule has 0 radical (unpaired) electrons. The first-order valence-corrected chi connectivity index (χ1v) is 7.04. The summed E-state index contributed by atoms with van der Waals surface area (Å²) >= 11 is 0. The van der Waals surface area contributed by atoms with Gasteiger partial charge in [0.05, 0.1) is 0 Å². The van der Waals surface area contributed by atoms with Crippen LogP contribution in [0.4, 0.5) is 0 Å². The van der Waals surface area contributed by atoms with E-state index >= 15 is 0 Å². The Labute approximate surface area is 130 Å². The molecule has 1 saturated carbocycles. The van der Waals surface area contributed by atoms with Crippen molar-refractivity contribution in [3.8, 4) is 0 Å². The third-order valence-electron chi connectivity index (χ3n) is 3.74. The molecule has 0 aromatic rings. The summed E-state index contributed by atoms with van der Waals surface area (Å²) in [5.74, 6) is 1.97. The Kier molecular flexibility index (Phi) is 9.87. The van der Waals surface area contributed by atoms with Gasteiger partial charge in [-0.2, -0.15) is 0 Å². The fourth-order valence-electron chi connectivity index (χ4n) is 2.65. The molecule has 0 aromatic carbocycles. The van der Waals surface area contributed by atoms with Crippen LogP contribution < -0.4 is 5.32 Å². The van der Waals surface area contributed by atoms with Gasteiger partial charge in [-0.1, -0.05) is 32.1 Å². The van der Waals surface area contributed by atoms with Crippen LogP contribution >= 0.6 is 24.0 Å². The van der Waals surface area contributed by atoms with Crippen LogP contribution in [0.3, 0.4) is 0 Å². The predicted molar refractivity (Wildman–Crippen MR) is 90.9 cm³/mol. The van der Waals surface area contributed by atoms with E-state index in [9.17, 15) is 0 Å². The molecule has 1 fully saturated rings. The summed E-state index contributed by atoms with van der Waals surface area (Å²) in [4.78, 5) is 6.29. The average molecular weight is 367 g/mol. The van der Waals surface area contributed by atoms with Gasteiger partial charge in [0, 0.05) is 27.2 Å². The Morgan fingerprint density at radius 3 is 2.39 bits per heavy atom. The highest BCUT2D eigenvalue weighted by Gasteiger charge is 2.15. The van der Waals surface area contributed by atoms with Crippen molar-refractivity contribution >= 4 is 29.9 Å². The van der Waals surface area contributed by atoms with Gasteiger partial charge in [0.2, 0.25) is 0 Å². The van der Waals surface area contributed by atoms with Crippen molar-refractivity contribution in [2.75, 3.05) is 21.1 Å². The van der Waals surface area contributed by atoms with E-state index < -0.39 is 0 Å². The first-order valence-electron chi connectivity index (χ1n) is 7.04. The summed E-state index contributed by atoms with van der Waals surface area (Å²) in [6.45, 7) is 2.26. The Balaban J connectivity index is 0.00000289. The van der Waals surface area contributed by atoms with Gasteiger partial charge < -0.3 is 10.2 Å². The lowest BCUT2D eigenvalue weighted by Gasteiger charge is -2.25. The molecule has 0 spiro atoms. The Morgan fingerprint density at radius 2 is 1.89 bits per heavy atom. The number of aliphatic imine (C=N–C) groups is 1. The molecule has 1 atom stereocenters. The predicted octanol–water partition coefficient (Wildman–Crippen LogP) is 3.49. The second kappa shape index (κ2) is 9.87. The fraction of sp³-hybridized carbons (Fsp3) is 0.929. The maximum atomic E-state index is 4.25. The molecule has 1 aliphatic rings. The first kappa shape index (κ1) is 18.0. The molecule has 0 saturated heterocycles. The van der Waals surface area contributed by atoms with Gasteiger partial charge in [-0.25, -0.2) is 0 Å². The largest absolute Gasteiger partial charge is 0.354 e. The molecule has 0 heterocycles. The van der Waals surface area contributed by atoms with E-state index in [0.29, 0.717) is 6.04 Å². The second-order valence-corrected chi connectivity index (χ2v) is 5.57. The molecule has 3 nitrogen and oxygen atoms in total. The third-order valence-corrected chi connectivity index (χ3v) is 3.74. The molecule has 0 bridgehead atoms. The molecule has 1 N–H and O–H groups in total. The summed E-state index contributed by atoms with van der Waals surface area (Å²) in [6, 6.07) is 0.526. The monoisotopic (exact) mass is 367 g/mol. The zero-order chi connectivity index (χ0) is 12.7. The van der Waals surface area contributed by atoms with E-state index in [1.54, 1.807) is 0 Å². The number of nitrogens with zero attached hydrogens (tertiary/aromatic N) is 2. The van der Waals surface area contributed by atoms with Crippen molar-refractivity contribution in [1.82, 2.24) is 10.2 Å². The number of nitrogens with one attached hydrogen (secondary N) is 1. The third kappa shape index (κ3) is 6.81. The van der Waals surface area contributed by atoms with Crippen molar-refractivity contribution in [3.05, 3.63) is 0 Å². The highest BCUT2D eigenvalue weighted by atomic mass is 127. The molecule has 0 amide bonds. The number of hydrogen-bond donors (Lipinski definition) is 1. The van der Waals surface area contributed by atoms with Gasteiger partial charge in [0.25, 0.3) is 0 Å². The van der Waals surface area contributed by atoms with Gasteiger partial charge >= 0.3 is 0 Å². The highest BCUT2D eigenvalue weighted by molar-refractivity contribution is 14.0. The molecule has 1 unspecified atom stereocenters. The van der Waals surface area contributed by atoms with Crippen LogP contribution in [0, 0.1) is 5.92 Å². The fourth-order valence-corrected chi connectivity index (χ4v) is 2.65. The lowest BCUT2D eigenvalue weighted by atomic mass is 9.85. The van der Waals surface area contributed by atoms with Gasteiger partial charge in [0.1, 0.15) is 0 Å². The lowest BCUT2D eigenvalue weighted by molar-refractivity contribution is 0.321. The minimum Gasteiger partial charge on any atom is -0.354 e. The molecule has 0 aliphatic heterocycles.